The van der Waals surface area contributed by atoms with E-state index in [1.165, 1.54) is 16.7 Å². The van der Waals surface area contributed by atoms with Crippen LogP contribution >= 0.6 is 11.6 Å². The molecule has 0 aliphatic rings. The molecule has 3 aromatic rings. The molecule has 0 aromatic heterocycles. The molecule has 116 valence electrons. The standard InChI is InChI=1S/C21H20ClN/c1-21(18-10-6-3-7-11-18,19-12-14-20(22)15-13-19)23-16-17-8-4-2-5-9-17/h2-15,23H,16H2,1H3/t21-/m1/s1. The summed E-state index contributed by atoms with van der Waals surface area (Å²) < 4.78 is 0. The van der Waals surface area contributed by atoms with Gasteiger partial charge in [-0.3, -0.25) is 5.32 Å². The molecule has 1 atom stereocenters. The second kappa shape index (κ2) is 6.99. The van der Waals surface area contributed by atoms with Crippen molar-refractivity contribution in [2.24, 2.45) is 0 Å². The minimum absolute atomic E-state index is 0.276. The van der Waals surface area contributed by atoms with Crippen LogP contribution in [0.4, 0.5) is 0 Å². The van der Waals surface area contributed by atoms with Crippen LogP contribution in [0.5, 0.6) is 0 Å². The Labute approximate surface area is 142 Å². The van der Waals surface area contributed by atoms with Crippen molar-refractivity contribution in [3.8, 4) is 0 Å². The zero-order valence-corrected chi connectivity index (χ0v) is 13.9. The number of rotatable bonds is 5. The molecular weight excluding hydrogens is 302 g/mol. The zero-order chi connectivity index (χ0) is 16.1. The van der Waals surface area contributed by atoms with Crippen LogP contribution in [-0.2, 0) is 12.1 Å². The van der Waals surface area contributed by atoms with E-state index >= 15 is 0 Å². The van der Waals surface area contributed by atoms with Crippen LogP contribution < -0.4 is 5.32 Å². The number of nitrogens with one attached hydrogen (secondary N) is 1. The number of hydrogen-bond donors (Lipinski definition) is 1. The van der Waals surface area contributed by atoms with E-state index in [4.69, 9.17) is 11.6 Å². The highest BCUT2D eigenvalue weighted by Crippen LogP contribution is 2.30. The molecule has 1 N–H and O–H groups in total. The van der Waals surface area contributed by atoms with Crippen LogP contribution in [0.25, 0.3) is 0 Å². The summed E-state index contributed by atoms with van der Waals surface area (Å²) in [5.41, 5.74) is 3.42. The molecule has 3 rings (SSSR count). The van der Waals surface area contributed by atoms with Crippen LogP contribution in [0.3, 0.4) is 0 Å². The number of hydrogen-bond acceptors (Lipinski definition) is 1. The van der Waals surface area contributed by atoms with Crippen molar-refractivity contribution >= 4 is 11.6 Å². The molecule has 0 heterocycles. The maximum Gasteiger partial charge on any atom is 0.0664 e. The first-order valence-electron chi connectivity index (χ1n) is 7.79. The number of benzene rings is 3. The largest absolute Gasteiger partial charge is 0.300 e. The van der Waals surface area contributed by atoms with Crippen molar-refractivity contribution in [1.82, 2.24) is 5.32 Å². The molecule has 0 saturated carbocycles. The van der Waals surface area contributed by atoms with Gasteiger partial charge in [-0.2, -0.15) is 0 Å². The lowest BCUT2D eigenvalue weighted by Crippen LogP contribution is -2.40. The van der Waals surface area contributed by atoms with Gasteiger partial charge in [0.25, 0.3) is 0 Å². The third-order valence-electron chi connectivity index (χ3n) is 4.26. The lowest BCUT2D eigenvalue weighted by molar-refractivity contribution is 0.436. The van der Waals surface area contributed by atoms with Gasteiger partial charge in [-0.15, -0.1) is 0 Å². The van der Waals surface area contributed by atoms with Gasteiger partial charge >= 0.3 is 0 Å². The normalized spacial score (nSPS) is 13.5. The third-order valence-corrected chi connectivity index (χ3v) is 4.51. The van der Waals surface area contributed by atoms with Gasteiger partial charge in [0.05, 0.1) is 5.54 Å². The van der Waals surface area contributed by atoms with Gasteiger partial charge in [-0.05, 0) is 35.7 Å². The highest BCUT2D eigenvalue weighted by atomic mass is 35.5. The van der Waals surface area contributed by atoms with Crippen molar-refractivity contribution < 1.29 is 0 Å². The Morgan fingerprint density at radius 1 is 0.739 bits per heavy atom. The summed E-state index contributed by atoms with van der Waals surface area (Å²) in [5, 5.41) is 4.48. The minimum Gasteiger partial charge on any atom is -0.300 e. The Hall–Kier alpha value is -2.09. The molecule has 23 heavy (non-hydrogen) atoms. The second-order valence-corrected chi connectivity index (χ2v) is 6.27. The Morgan fingerprint density at radius 3 is 1.87 bits per heavy atom. The van der Waals surface area contributed by atoms with Crippen molar-refractivity contribution in [3.63, 3.8) is 0 Å². The monoisotopic (exact) mass is 321 g/mol. The van der Waals surface area contributed by atoms with Crippen LogP contribution in [0.15, 0.2) is 84.9 Å². The van der Waals surface area contributed by atoms with Gasteiger partial charge in [-0.25, -0.2) is 0 Å². The molecule has 0 radical (unpaired) electrons. The minimum atomic E-state index is -0.276. The zero-order valence-electron chi connectivity index (χ0n) is 13.2. The van der Waals surface area contributed by atoms with Crippen molar-refractivity contribution in [2.75, 3.05) is 0 Å². The lowest BCUT2D eigenvalue weighted by atomic mass is 9.84. The second-order valence-electron chi connectivity index (χ2n) is 5.84. The predicted octanol–water partition coefficient (Wildman–Crippen LogP) is 5.39. The maximum absolute atomic E-state index is 6.06. The fourth-order valence-corrected chi connectivity index (χ4v) is 2.93. The molecule has 0 unspecified atom stereocenters. The summed E-state index contributed by atoms with van der Waals surface area (Å²) in [6.07, 6.45) is 0. The van der Waals surface area contributed by atoms with Crippen molar-refractivity contribution in [3.05, 3.63) is 107 Å². The Kier molecular flexibility index (Phi) is 4.80. The molecule has 0 spiro atoms. The fourth-order valence-electron chi connectivity index (χ4n) is 2.80. The lowest BCUT2D eigenvalue weighted by Gasteiger charge is -2.32. The molecule has 0 aliphatic heterocycles. The van der Waals surface area contributed by atoms with Crippen LogP contribution in [0.1, 0.15) is 23.6 Å². The van der Waals surface area contributed by atoms with E-state index in [-0.39, 0.29) is 5.54 Å². The van der Waals surface area contributed by atoms with E-state index in [1.807, 2.05) is 24.3 Å². The highest BCUT2D eigenvalue weighted by Gasteiger charge is 2.28. The average molecular weight is 322 g/mol. The van der Waals surface area contributed by atoms with Gasteiger partial charge in [-0.1, -0.05) is 84.4 Å². The van der Waals surface area contributed by atoms with E-state index in [1.54, 1.807) is 0 Å². The van der Waals surface area contributed by atoms with E-state index in [2.05, 4.69) is 72.9 Å². The molecular formula is C21H20ClN. The van der Waals surface area contributed by atoms with E-state index in [0.29, 0.717) is 0 Å². The summed E-state index contributed by atoms with van der Waals surface area (Å²) >= 11 is 6.06. The molecule has 3 aromatic carbocycles. The van der Waals surface area contributed by atoms with Gasteiger partial charge in [0.15, 0.2) is 0 Å². The summed E-state index contributed by atoms with van der Waals surface area (Å²) in [7, 11) is 0. The molecule has 0 amide bonds. The molecule has 0 fully saturated rings. The van der Waals surface area contributed by atoms with Crippen LogP contribution in [-0.4, -0.2) is 0 Å². The highest BCUT2D eigenvalue weighted by molar-refractivity contribution is 6.30. The van der Waals surface area contributed by atoms with Crippen LogP contribution in [0, 0.1) is 0 Å². The summed E-state index contributed by atoms with van der Waals surface area (Å²) in [5.74, 6) is 0. The molecule has 2 heteroatoms. The quantitative estimate of drug-likeness (QED) is 0.664. The number of halogens is 1. The maximum atomic E-state index is 6.06. The molecule has 0 aliphatic carbocycles. The molecule has 0 saturated heterocycles. The van der Waals surface area contributed by atoms with Crippen molar-refractivity contribution in [2.45, 2.75) is 19.0 Å². The Bertz CT molecular complexity index is 738. The summed E-state index contributed by atoms with van der Waals surface area (Å²) in [6.45, 7) is 3.02. The average Bonchev–Trinajstić information content (AvgIpc) is 2.62. The first-order valence-corrected chi connectivity index (χ1v) is 8.17. The predicted molar refractivity (Wildman–Crippen MR) is 97.6 cm³/mol. The Morgan fingerprint density at radius 2 is 1.26 bits per heavy atom. The van der Waals surface area contributed by atoms with E-state index in [0.717, 1.165) is 11.6 Å². The topological polar surface area (TPSA) is 12.0 Å². The Balaban J connectivity index is 1.95. The van der Waals surface area contributed by atoms with Crippen molar-refractivity contribution in [1.29, 1.82) is 0 Å². The third kappa shape index (κ3) is 3.64. The fraction of sp³-hybridized carbons (Fsp3) is 0.143. The van der Waals surface area contributed by atoms with Gasteiger partial charge in [0.2, 0.25) is 0 Å². The van der Waals surface area contributed by atoms with E-state index < -0.39 is 0 Å². The summed E-state index contributed by atoms with van der Waals surface area (Å²) in [6, 6.07) is 29.0. The van der Waals surface area contributed by atoms with Gasteiger partial charge in [0, 0.05) is 11.6 Å². The summed E-state index contributed by atoms with van der Waals surface area (Å²) in [4.78, 5) is 0. The molecule has 0 bridgehead atoms. The first-order chi connectivity index (χ1) is 11.2. The smallest absolute Gasteiger partial charge is 0.0664 e. The van der Waals surface area contributed by atoms with Crippen LogP contribution in [0.2, 0.25) is 5.02 Å². The SMILES string of the molecule is C[C@@](NCc1ccccc1)(c1ccccc1)c1ccc(Cl)cc1. The molecule has 1 nitrogen and oxygen atoms in total. The first kappa shape index (κ1) is 15.8. The van der Waals surface area contributed by atoms with E-state index in [9.17, 15) is 0 Å². The van der Waals surface area contributed by atoms with Gasteiger partial charge in [0.1, 0.15) is 0 Å². The van der Waals surface area contributed by atoms with Gasteiger partial charge < -0.3 is 0 Å².